The zero-order chi connectivity index (χ0) is 26.4. The zero-order valence-corrected chi connectivity index (χ0v) is 22.3. The van der Waals surface area contributed by atoms with Gasteiger partial charge in [-0.2, -0.15) is 0 Å². The largest absolute Gasteiger partial charge is 0.354 e. The fourth-order valence-corrected chi connectivity index (χ4v) is 6.57. The minimum atomic E-state index is -3.66. The normalized spacial score (nSPS) is 14.5. The third-order valence-electron chi connectivity index (χ3n) is 6.91. The molecule has 1 heterocycles. The summed E-state index contributed by atoms with van der Waals surface area (Å²) in [5.74, 6) is -0.319. The fraction of sp³-hybridized carbons (Fsp3) is 0.379. The highest BCUT2D eigenvalue weighted by atomic mass is 32.2. The Morgan fingerprint density at radius 1 is 0.973 bits per heavy atom. The predicted octanol–water partition coefficient (Wildman–Crippen LogP) is 4.50. The number of unbranched alkanes of at least 4 members (excludes halogenated alkanes) is 1. The van der Waals surface area contributed by atoms with Gasteiger partial charge in [0.1, 0.15) is 6.04 Å². The average molecular weight is 522 g/mol. The Kier molecular flexibility index (Phi) is 8.48. The number of hydrogen-bond donors (Lipinski definition) is 1. The van der Waals surface area contributed by atoms with Gasteiger partial charge in [-0.1, -0.05) is 67.9 Å². The Bertz CT molecular complexity index is 1350. The number of amides is 2. The molecule has 0 aliphatic carbocycles. The second kappa shape index (κ2) is 11.8. The Labute approximate surface area is 219 Å². The van der Waals surface area contributed by atoms with E-state index in [-0.39, 0.29) is 24.8 Å². The molecule has 8 heteroatoms. The van der Waals surface area contributed by atoms with Gasteiger partial charge in [-0.25, -0.2) is 8.42 Å². The van der Waals surface area contributed by atoms with E-state index in [2.05, 4.69) is 12.2 Å². The lowest BCUT2D eigenvalue weighted by Gasteiger charge is -2.29. The van der Waals surface area contributed by atoms with E-state index in [1.54, 1.807) is 24.0 Å². The summed E-state index contributed by atoms with van der Waals surface area (Å²) in [6.07, 6.45) is 3.00. The van der Waals surface area contributed by atoms with Crippen LogP contribution in [0.5, 0.6) is 0 Å². The van der Waals surface area contributed by atoms with Gasteiger partial charge < -0.3 is 10.2 Å². The summed E-state index contributed by atoms with van der Waals surface area (Å²) in [5.41, 5.74) is 1.75. The van der Waals surface area contributed by atoms with Crippen LogP contribution < -0.4 is 9.62 Å². The monoisotopic (exact) mass is 521 g/mol. The highest BCUT2D eigenvalue weighted by Crippen LogP contribution is 2.42. The molecule has 0 fully saturated rings. The highest BCUT2D eigenvalue weighted by molar-refractivity contribution is 7.93. The number of hydrogen-bond acceptors (Lipinski definition) is 4. The number of benzene rings is 3. The standard InChI is InChI=1S/C29H35N3O4S/c1-3-4-19-30-29(34)22(2)31(21-18-23-11-6-5-7-12-23)27(33)17-10-20-32-25-15-8-13-24-14-9-16-26(28(24)25)37(32,35)36/h5-9,11-16,22H,3-4,10,17-21H2,1-2H3,(H,30,34). The maximum Gasteiger partial charge on any atom is 0.265 e. The van der Waals surface area contributed by atoms with Crippen LogP contribution in [0.4, 0.5) is 5.69 Å². The molecule has 3 aromatic carbocycles. The molecule has 1 aliphatic rings. The molecule has 7 nitrogen and oxygen atoms in total. The molecule has 1 aliphatic heterocycles. The lowest BCUT2D eigenvalue weighted by molar-refractivity contribution is -0.139. The Morgan fingerprint density at radius 2 is 1.70 bits per heavy atom. The van der Waals surface area contributed by atoms with Crippen molar-refractivity contribution in [3.63, 3.8) is 0 Å². The molecular formula is C29H35N3O4S. The molecule has 4 rings (SSSR count). The molecular weight excluding hydrogens is 486 g/mol. The number of rotatable bonds is 12. The first-order valence-electron chi connectivity index (χ1n) is 13.0. The first-order valence-corrected chi connectivity index (χ1v) is 14.4. The van der Waals surface area contributed by atoms with Crippen LogP contribution in [0.3, 0.4) is 0 Å². The Hall–Kier alpha value is -3.39. The van der Waals surface area contributed by atoms with Gasteiger partial charge in [0.15, 0.2) is 0 Å². The van der Waals surface area contributed by atoms with Gasteiger partial charge >= 0.3 is 0 Å². The van der Waals surface area contributed by atoms with E-state index < -0.39 is 16.1 Å². The molecule has 0 aromatic heterocycles. The van der Waals surface area contributed by atoms with Gasteiger partial charge in [0, 0.05) is 31.4 Å². The molecule has 0 spiro atoms. The van der Waals surface area contributed by atoms with Gasteiger partial charge in [-0.05, 0) is 49.3 Å². The molecule has 1 atom stereocenters. The first-order chi connectivity index (χ1) is 17.8. The van der Waals surface area contributed by atoms with Gasteiger partial charge in [-0.3, -0.25) is 13.9 Å². The minimum Gasteiger partial charge on any atom is -0.354 e. The maximum atomic E-state index is 13.4. The molecule has 196 valence electrons. The van der Waals surface area contributed by atoms with Crippen LogP contribution in [-0.2, 0) is 26.0 Å². The van der Waals surface area contributed by atoms with Crippen LogP contribution in [0, 0.1) is 0 Å². The number of anilines is 1. The molecule has 1 N–H and O–H groups in total. The predicted molar refractivity (Wildman–Crippen MR) is 147 cm³/mol. The SMILES string of the molecule is CCCCNC(=O)C(C)N(CCc1ccccc1)C(=O)CCCN1c2cccc3cccc(c23)S1(=O)=O. The van der Waals surface area contributed by atoms with Crippen molar-refractivity contribution in [3.05, 3.63) is 72.3 Å². The number of carbonyl (C=O) groups is 2. The summed E-state index contributed by atoms with van der Waals surface area (Å²) in [6.45, 7) is 5.01. The highest BCUT2D eigenvalue weighted by Gasteiger charge is 2.35. The van der Waals surface area contributed by atoms with Crippen LogP contribution in [0.1, 0.15) is 45.1 Å². The third kappa shape index (κ3) is 5.80. The van der Waals surface area contributed by atoms with Crippen molar-refractivity contribution in [1.82, 2.24) is 10.2 Å². The smallest absolute Gasteiger partial charge is 0.265 e. The molecule has 0 radical (unpaired) electrons. The summed E-state index contributed by atoms with van der Waals surface area (Å²) >= 11 is 0. The van der Waals surface area contributed by atoms with Crippen LogP contribution in [0.15, 0.2) is 71.6 Å². The fourth-order valence-electron chi connectivity index (χ4n) is 4.82. The maximum absolute atomic E-state index is 13.4. The van der Waals surface area contributed by atoms with Gasteiger partial charge in [0.2, 0.25) is 11.8 Å². The van der Waals surface area contributed by atoms with Crippen molar-refractivity contribution < 1.29 is 18.0 Å². The Balaban J connectivity index is 1.44. The van der Waals surface area contributed by atoms with Crippen LogP contribution in [0.2, 0.25) is 0 Å². The third-order valence-corrected chi connectivity index (χ3v) is 8.77. The lowest BCUT2D eigenvalue weighted by Crippen LogP contribution is -2.49. The van der Waals surface area contributed by atoms with Crippen LogP contribution in [0.25, 0.3) is 10.8 Å². The van der Waals surface area contributed by atoms with E-state index >= 15 is 0 Å². The molecule has 0 saturated heterocycles. The molecule has 0 saturated carbocycles. The number of nitrogens with zero attached hydrogens (tertiary/aromatic N) is 2. The quantitative estimate of drug-likeness (QED) is 0.356. The summed E-state index contributed by atoms with van der Waals surface area (Å²) in [7, 11) is -3.66. The van der Waals surface area contributed by atoms with E-state index in [0.717, 1.165) is 29.2 Å². The van der Waals surface area contributed by atoms with Crippen molar-refractivity contribution in [1.29, 1.82) is 0 Å². The van der Waals surface area contributed by atoms with E-state index in [0.29, 0.717) is 36.5 Å². The van der Waals surface area contributed by atoms with E-state index in [9.17, 15) is 18.0 Å². The lowest BCUT2D eigenvalue weighted by atomic mass is 10.1. The first kappa shape index (κ1) is 26.7. The van der Waals surface area contributed by atoms with E-state index in [1.807, 2.05) is 54.6 Å². The zero-order valence-electron chi connectivity index (χ0n) is 21.5. The topological polar surface area (TPSA) is 86.8 Å². The molecule has 0 bridgehead atoms. The molecule has 2 amide bonds. The van der Waals surface area contributed by atoms with Gasteiger partial charge in [-0.15, -0.1) is 0 Å². The van der Waals surface area contributed by atoms with Gasteiger partial charge in [0.05, 0.1) is 10.6 Å². The summed E-state index contributed by atoms with van der Waals surface area (Å²) in [6, 6.07) is 20.1. The summed E-state index contributed by atoms with van der Waals surface area (Å²) < 4.78 is 27.9. The second-order valence-corrected chi connectivity index (χ2v) is 11.3. The van der Waals surface area contributed by atoms with Crippen molar-refractivity contribution in [3.8, 4) is 0 Å². The molecule has 3 aromatic rings. The van der Waals surface area contributed by atoms with Crippen LogP contribution in [-0.4, -0.2) is 50.8 Å². The molecule has 1 unspecified atom stereocenters. The number of nitrogens with one attached hydrogen (secondary N) is 1. The van der Waals surface area contributed by atoms with E-state index in [1.165, 1.54) is 4.31 Å². The van der Waals surface area contributed by atoms with Crippen molar-refractivity contribution in [2.45, 2.75) is 56.9 Å². The van der Waals surface area contributed by atoms with Crippen LogP contribution >= 0.6 is 0 Å². The van der Waals surface area contributed by atoms with Crippen molar-refractivity contribution in [2.75, 3.05) is 23.9 Å². The second-order valence-electron chi connectivity index (χ2n) is 9.46. The van der Waals surface area contributed by atoms with Crippen molar-refractivity contribution in [2.24, 2.45) is 0 Å². The van der Waals surface area contributed by atoms with Gasteiger partial charge in [0.25, 0.3) is 10.0 Å². The van der Waals surface area contributed by atoms with E-state index in [4.69, 9.17) is 0 Å². The van der Waals surface area contributed by atoms with Crippen molar-refractivity contribution >= 4 is 38.3 Å². The number of carbonyl (C=O) groups excluding carboxylic acids is 2. The number of sulfonamides is 1. The summed E-state index contributed by atoms with van der Waals surface area (Å²) in [4.78, 5) is 28.1. The molecule has 37 heavy (non-hydrogen) atoms. The minimum absolute atomic E-state index is 0.151. The Morgan fingerprint density at radius 3 is 2.43 bits per heavy atom. The average Bonchev–Trinajstić information content (AvgIpc) is 3.12. The summed E-state index contributed by atoms with van der Waals surface area (Å²) in [5, 5.41) is 4.55.